The van der Waals surface area contributed by atoms with Gasteiger partial charge in [-0.3, -0.25) is 9.89 Å². The summed E-state index contributed by atoms with van der Waals surface area (Å²) in [5, 5.41) is 7.11. The maximum atomic E-state index is 5.65. The summed E-state index contributed by atoms with van der Waals surface area (Å²) in [5.41, 5.74) is 2.66. The molecule has 2 aliphatic heterocycles. The van der Waals surface area contributed by atoms with Crippen molar-refractivity contribution >= 4 is 5.96 Å². The first-order valence-electron chi connectivity index (χ1n) is 11.3. The second kappa shape index (κ2) is 11.5. The Balaban J connectivity index is 1.45. The zero-order chi connectivity index (χ0) is 20.5. The van der Waals surface area contributed by atoms with E-state index in [-0.39, 0.29) is 0 Å². The zero-order valence-corrected chi connectivity index (χ0v) is 18.5. The van der Waals surface area contributed by atoms with Crippen LogP contribution in [-0.2, 0) is 17.8 Å². The summed E-state index contributed by atoms with van der Waals surface area (Å²) < 4.78 is 5.65. The molecule has 0 radical (unpaired) electrons. The van der Waals surface area contributed by atoms with E-state index in [1.165, 1.54) is 50.0 Å². The predicted octanol–water partition coefficient (Wildman–Crippen LogP) is 2.45. The van der Waals surface area contributed by atoms with Crippen LogP contribution in [-0.4, -0.2) is 74.3 Å². The van der Waals surface area contributed by atoms with Crippen molar-refractivity contribution < 1.29 is 4.74 Å². The second-order valence-corrected chi connectivity index (χ2v) is 8.42. The molecule has 29 heavy (non-hydrogen) atoms. The molecule has 1 atom stereocenters. The standard InChI is InChI=1S/C23H39N5O/c1-4-10-27-11-8-22(9-12-27)26-23(24-3)25-16-20-6-5-7-21(15-20)18-28-13-14-29-19(2)17-28/h5-7,15,19,22H,4,8-14,16-18H2,1-3H3,(H2,24,25,26). The van der Waals surface area contributed by atoms with Gasteiger partial charge in [-0.05, 0) is 43.9 Å². The molecule has 0 aromatic heterocycles. The van der Waals surface area contributed by atoms with Gasteiger partial charge in [-0.1, -0.05) is 31.2 Å². The fourth-order valence-electron chi connectivity index (χ4n) is 4.32. The Kier molecular flexibility index (Phi) is 8.77. The minimum absolute atomic E-state index is 0.330. The SMILES string of the molecule is CCCN1CCC(NC(=NC)NCc2cccc(CN3CCOC(C)C3)c2)CC1. The van der Waals surface area contributed by atoms with E-state index in [1.54, 1.807) is 0 Å². The number of aliphatic imine (C=N–C) groups is 1. The molecule has 1 aromatic rings. The third-order valence-electron chi connectivity index (χ3n) is 5.87. The van der Waals surface area contributed by atoms with Crippen LogP contribution in [0.3, 0.4) is 0 Å². The normalized spacial score (nSPS) is 22.6. The van der Waals surface area contributed by atoms with E-state index in [2.05, 4.69) is 63.5 Å². The Labute approximate surface area is 176 Å². The molecule has 1 aromatic carbocycles. The van der Waals surface area contributed by atoms with Crippen LogP contribution in [0.25, 0.3) is 0 Å². The molecular formula is C23H39N5O. The van der Waals surface area contributed by atoms with Crippen molar-refractivity contribution in [1.29, 1.82) is 0 Å². The number of nitrogens with zero attached hydrogens (tertiary/aromatic N) is 3. The van der Waals surface area contributed by atoms with E-state index in [9.17, 15) is 0 Å². The van der Waals surface area contributed by atoms with Crippen LogP contribution in [0.15, 0.2) is 29.3 Å². The van der Waals surface area contributed by atoms with Crippen LogP contribution in [0.5, 0.6) is 0 Å². The first-order valence-corrected chi connectivity index (χ1v) is 11.3. The summed E-state index contributed by atoms with van der Waals surface area (Å²) >= 11 is 0. The van der Waals surface area contributed by atoms with E-state index in [4.69, 9.17) is 4.74 Å². The van der Waals surface area contributed by atoms with Crippen LogP contribution < -0.4 is 10.6 Å². The molecule has 162 valence electrons. The Morgan fingerprint density at radius 3 is 2.69 bits per heavy atom. The van der Waals surface area contributed by atoms with E-state index >= 15 is 0 Å². The number of guanidine groups is 1. The smallest absolute Gasteiger partial charge is 0.191 e. The molecule has 2 N–H and O–H groups in total. The van der Waals surface area contributed by atoms with E-state index < -0.39 is 0 Å². The quantitative estimate of drug-likeness (QED) is 0.543. The van der Waals surface area contributed by atoms with E-state index in [1.807, 2.05) is 7.05 Å². The van der Waals surface area contributed by atoms with E-state index in [0.717, 1.165) is 38.7 Å². The van der Waals surface area contributed by atoms with Gasteiger partial charge in [-0.25, -0.2) is 0 Å². The summed E-state index contributed by atoms with van der Waals surface area (Å²) in [6.45, 7) is 12.6. The van der Waals surface area contributed by atoms with Gasteiger partial charge >= 0.3 is 0 Å². The van der Waals surface area contributed by atoms with Gasteiger partial charge in [0.05, 0.1) is 12.7 Å². The minimum atomic E-state index is 0.330. The molecule has 1 unspecified atom stereocenters. The molecule has 0 bridgehead atoms. The van der Waals surface area contributed by atoms with Gasteiger partial charge in [0, 0.05) is 52.4 Å². The summed E-state index contributed by atoms with van der Waals surface area (Å²) in [5.74, 6) is 0.909. The van der Waals surface area contributed by atoms with Crippen molar-refractivity contribution in [3.8, 4) is 0 Å². The topological polar surface area (TPSA) is 52.1 Å². The van der Waals surface area contributed by atoms with Gasteiger partial charge in [-0.15, -0.1) is 0 Å². The Morgan fingerprint density at radius 2 is 1.97 bits per heavy atom. The van der Waals surface area contributed by atoms with Crippen molar-refractivity contribution in [2.45, 2.75) is 58.3 Å². The highest BCUT2D eigenvalue weighted by Gasteiger charge is 2.19. The first kappa shape index (κ1) is 22.1. The first-order chi connectivity index (χ1) is 14.2. The number of piperidine rings is 1. The van der Waals surface area contributed by atoms with Crippen LogP contribution in [0.1, 0.15) is 44.2 Å². The molecule has 2 heterocycles. The predicted molar refractivity (Wildman–Crippen MR) is 120 cm³/mol. The Morgan fingerprint density at radius 1 is 1.17 bits per heavy atom. The monoisotopic (exact) mass is 401 g/mol. The lowest BCUT2D eigenvalue weighted by atomic mass is 10.1. The van der Waals surface area contributed by atoms with Crippen LogP contribution in [0.4, 0.5) is 0 Å². The average molecular weight is 402 g/mol. The lowest BCUT2D eigenvalue weighted by Gasteiger charge is -2.32. The molecule has 3 rings (SSSR count). The van der Waals surface area contributed by atoms with Crippen LogP contribution in [0, 0.1) is 0 Å². The molecule has 2 saturated heterocycles. The van der Waals surface area contributed by atoms with Gasteiger partial charge in [0.2, 0.25) is 0 Å². The molecule has 0 amide bonds. The number of morpholine rings is 1. The highest BCUT2D eigenvalue weighted by atomic mass is 16.5. The van der Waals surface area contributed by atoms with Gasteiger partial charge in [-0.2, -0.15) is 0 Å². The van der Waals surface area contributed by atoms with Gasteiger partial charge < -0.3 is 20.3 Å². The number of benzene rings is 1. The van der Waals surface area contributed by atoms with Crippen molar-refractivity contribution in [1.82, 2.24) is 20.4 Å². The van der Waals surface area contributed by atoms with Crippen molar-refractivity contribution in [3.63, 3.8) is 0 Å². The molecular weight excluding hydrogens is 362 g/mol. The largest absolute Gasteiger partial charge is 0.376 e. The Bertz CT molecular complexity index is 642. The summed E-state index contributed by atoms with van der Waals surface area (Å²) in [6, 6.07) is 9.40. The van der Waals surface area contributed by atoms with E-state index in [0.29, 0.717) is 12.1 Å². The molecule has 0 spiro atoms. The number of rotatable bonds is 7. The number of ether oxygens (including phenoxy) is 1. The third kappa shape index (κ3) is 7.28. The molecule has 0 saturated carbocycles. The van der Waals surface area contributed by atoms with Crippen molar-refractivity contribution in [2.75, 3.05) is 46.4 Å². The number of nitrogens with one attached hydrogen (secondary N) is 2. The highest BCUT2D eigenvalue weighted by molar-refractivity contribution is 5.79. The maximum Gasteiger partial charge on any atom is 0.191 e. The minimum Gasteiger partial charge on any atom is -0.376 e. The van der Waals surface area contributed by atoms with Gasteiger partial charge in [0.25, 0.3) is 0 Å². The number of hydrogen-bond acceptors (Lipinski definition) is 4. The second-order valence-electron chi connectivity index (χ2n) is 8.42. The zero-order valence-electron chi connectivity index (χ0n) is 18.5. The maximum absolute atomic E-state index is 5.65. The number of likely N-dealkylation sites (tertiary alicyclic amines) is 1. The Hall–Kier alpha value is -1.63. The van der Waals surface area contributed by atoms with Gasteiger partial charge in [0.1, 0.15) is 0 Å². The van der Waals surface area contributed by atoms with Crippen molar-refractivity contribution in [2.24, 2.45) is 4.99 Å². The summed E-state index contributed by atoms with van der Waals surface area (Å²) in [4.78, 5) is 9.48. The lowest BCUT2D eigenvalue weighted by Crippen LogP contribution is -2.48. The molecule has 6 nitrogen and oxygen atoms in total. The fraction of sp³-hybridized carbons (Fsp3) is 0.696. The summed E-state index contributed by atoms with van der Waals surface area (Å²) in [6.07, 6.45) is 3.95. The molecule has 6 heteroatoms. The van der Waals surface area contributed by atoms with Crippen LogP contribution in [0.2, 0.25) is 0 Å². The molecule has 0 aliphatic carbocycles. The fourth-order valence-corrected chi connectivity index (χ4v) is 4.32. The molecule has 2 fully saturated rings. The highest BCUT2D eigenvalue weighted by Crippen LogP contribution is 2.13. The van der Waals surface area contributed by atoms with Gasteiger partial charge in [0.15, 0.2) is 5.96 Å². The molecule has 2 aliphatic rings. The number of hydrogen-bond donors (Lipinski definition) is 2. The average Bonchev–Trinajstić information content (AvgIpc) is 2.73. The lowest BCUT2D eigenvalue weighted by molar-refractivity contribution is -0.0212. The third-order valence-corrected chi connectivity index (χ3v) is 5.87. The van der Waals surface area contributed by atoms with Crippen molar-refractivity contribution in [3.05, 3.63) is 35.4 Å². The van der Waals surface area contributed by atoms with Crippen LogP contribution >= 0.6 is 0 Å². The summed E-state index contributed by atoms with van der Waals surface area (Å²) in [7, 11) is 1.86.